The molecule has 0 atom stereocenters. The molecule has 2 N–H and O–H groups in total. The summed E-state index contributed by atoms with van der Waals surface area (Å²) in [4.78, 5) is 6.96. The molecule has 0 bridgehead atoms. The highest BCUT2D eigenvalue weighted by Crippen LogP contribution is 2.28. The van der Waals surface area contributed by atoms with E-state index in [9.17, 15) is 13.2 Å². The summed E-state index contributed by atoms with van der Waals surface area (Å²) in [6.45, 7) is 2.69. The number of alkyl halides is 3. The molecule has 2 heterocycles. The highest BCUT2D eigenvalue weighted by Gasteiger charge is 2.35. The van der Waals surface area contributed by atoms with Crippen LogP contribution in [0.15, 0.2) is 22.9 Å². The minimum absolute atomic E-state index is 0.148. The zero-order valence-corrected chi connectivity index (χ0v) is 11.5. The van der Waals surface area contributed by atoms with E-state index in [0.717, 1.165) is 5.56 Å². The largest absolute Gasteiger partial charge is 0.451 e. The van der Waals surface area contributed by atoms with Gasteiger partial charge in [-0.25, -0.2) is 9.97 Å². The SMILES string of the molecule is CCNc1cc(NCc2ccsc2)nc(C(F)(F)F)n1. The quantitative estimate of drug-likeness (QED) is 0.886. The van der Waals surface area contributed by atoms with Gasteiger partial charge in [0.1, 0.15) is 11.6 Å². The van der Waals surface area contributed by atoms with Crippen LogP contribution in [0, 0.1) is 0 Å². The Morgan fingerprint density at radius 3 is 2.45 bits per heavy atom. The van der Waals surface area contributed by atoms with Crippen molar-refractivity contribution in [2.24, 2.45) is 0 Å². The number of anilines is 2. The molecule has 8 heteroatoms. The first kappa shape index (κ1) is 14.6. The van der Waals surface area contributed by atoms with Crippen molar-refractivity contribution in [3.05, 3.63) is 34.3 Å². The lowest BCUT2D eigenvalue weighted by molar-refractivity contribution is -0.144. The first-order valence-electron chi connectivity index (χ1n) is 5.94. The average Bonchev–Trinajstić information content (AvgIpc) is 2.88. The molecule has 0 fully saturated rings. The lowest BCUT2D eigenvalue weighted by Crippen LogP contribution is -2.15. The highest BCUT2D eigenvalue weighted by atomic mass is 32.1. The molecule has 0 saturated heterocycles. The van der Waals surface area contributed by atoms with Gasteiger partial charge in [-0.1, -0.05) is 0 Å². The second-order valence-corrected chi connectivity index (χ2v) is 4.76. The van der Waals surface area contributed by atoms with Crippen molar-refractivity contribution in [2.75, 3.05) is 17.2 Å². The van der Waals surface area contributed by atoms with E-state index in [4.69, 9.17) is 0 Å². The van der Waals surface area contributed by atoms with Gasteiger partial charge >= 0.3 is 6.18 Å². The number of rotatable bonds is 5. The zero-order valence-electron chi connectivity index (χ0n) is 10.7. The molecule has 2 aromatic heterocycles. The van der Waals surface area contributed by atoms with Crippen molar-refractivity contribution < 1.29 is 13.2 Å². The Morgan fingerprint density at radius 1 is 1.20 bits per heavy atom. The van der Waals surface area contributed by atoms with Crippen LogP contribution in [0.4, 0.5) is 24.8 Å². The first-order valence-corrected chi connectivity index (χ1v) is 6.88. The van der Waals surface area contributed by atoms with Gasteiger partial charge in [-0.15, -0.1) is 0 Å². The number of thiophene rings is 1. The summed E-state index contributed by atoms with van der Waals surface area (Å²) in [7, 11) is 0. The third kappa shape index (κ3) is 3.83. The zero-order chi connectivity index (χ0) is 14.6. The third-order valence-corrected chi connectivity index (χ3v) is 3.12. The van der Waals surface area contributed by atoms with Crippen LogP contribution < -0.4 is 10.6 Å². The monoisotopic (exact) mass is 302 g/mol. The maximum Gasteiger partial charge on any atom is 0.451 e. The molecule has 4 nitrogen and oxygen atoms in total. The van der Waals surface area contributed by atoms with Crippen molar-refractivity contribution in [2.45, 2.75) is 19.6 Å². The van der Waals surface area contributed by atoms with E-state index in [-0.39, 0.29) is 11.6 Å². The summed E-state index contributed by atoms with van der Waals surface area (Å²) in [5.74, 6) is -0.846. The molecular weight excluding hydrogens is 289 g/mol. The average molecular weight is 302 g/mol. The van der Waals surface area contributed by atoms with Gasteiger partial charge in [-0.2, -0.15) is 24.5 Å². The molecule has 0 aliphatic rings. The topological polar surface area (TPSA) is 49.8 Å². The number of hydrogen-bond acceptors (Lipinski definition) is 5. The fourth-order valence-corrected chi connectivity index (χ4v) is 2.19. The van der Waals surface area contributed by atoms with Gasteiger partial charge in [0.05, 0.1) is 0 Å². The fraction of sp³-hybridized carbons (Fsp3) is 0.333. The van der Waals surface area contributed by atoms with Crippen LogP contribution in [0.5, 0.6) is 0 Å². The van der Waals surface area contributed by atoms with Crippen molar-refractivity contribution in [3.63, 3.8) is 0 Å². The Hall–Kier alpha value is -1.83. The first-order chi connectivity index (χ1) is 9.49. The molecule has 0 spiro atoms. The number of hydrogen-bond donors (Lipinski definition) is 2. The molecule has 20 heavy (non-hydrogen) atoms. The van der Waals surface area contributed by atoms with E-state index < -0.39 is 12.0 Å². The van der Waals surface area contributed by atoms with Crippen LogP contribution in [0.2, 0.25) is 0 Å². The molecule has 108 valence electrons. The van der Waals surface area contributed by atoms with Crippen molar-refractivity contribution in [1.82, 2.24) is 9.97 Å². The number of halogens is 3. The van der Waals surface area contributed by atoms with Gasteiger partial charge in [0.2, 0.25) is 5.82 Å². The van der Waals surface area contributed by atoms with E-state index in [2.05, 4.69) is 20.6 Å². The molecule has 0 aliphatic heterocycles. The summed E-state index contributed by atoms with van der Waals surface area (Å²) in [6.07, 6.45) is -4.57. The molecule has 0 aliphatic carbocycles. The smallest absolute Gasteiger partial charge is 0.370 e. The highest BCUT2D eigenvalue weighted by molar-refractivity contribution is 7.07. The minimum atomic E-state index is -4.57. The Kier molecular flexibility index (Phi) is 4.43. The molecule has 2 rings (SSSR count). The van der Waals surface area contributed by atoms with E-state index in [1.165, 1.54) is 17.4 Å². The van der Waals surface area contributed by atoms with Crippen LogP contribution >= 0.6 is 11.3 Å². The summed E-state index contributed by atoms with van der Waals surface area (Å²) in [5, 5.41) is 9.46. The Balaban J connectivity index is 2.20. The predicted octanol–water partition coefficient (Wildman–Crippen LogP) is 3.60. The van der Waals surface area contributed by atoms with Crippen LogP contribution in [0.25, 0.3) is 0 Å². The maximum atomic E-state index is 12.7. The fourth-order valence-electron chi connectivity index (χ4n) is 1.52. The second kappa shape index (κ2) is 6.08. The molecule has 0 radical (unpaired) electrons. The normalized spacial score (nSPS) is 11.4. The number of nitrogens with one attached hydrogen (secondary N) is 2. The number of aromatic nitrogens is 2. The molecule has 0 aromatic carbocycles. The van der Waals surface area contributed by atoms with Crippen molar-refractivity contribution in [1.29, 1.82) is 0 Å². The maximum absolute atomic E-state index is 12.7. The summed E-state index contributed by atoms with van der Waals surface area (Å²) < 4.78 is 38.2. The predicted molar refractivity (Wildman–Crippen MR) is 72.8 cm³/mol. The third-order valence-electron chi connectivity index (χ3n) is 2.39. The van der Waals surface area contributed by atoms with Gasteiger partial charge in [0.25, 0.3) is 0 Å². The van der Waals surface area contributed by atoms with E-state index >= 15 is 0 Å². The van der Waals surface area contributed by atoms with Gasteiger partial charge in [0, 0.05) is 19.2 Å². The Bertz CT molecular complexity index is 554. The van der Waals surface area contributed by atoms with Crippen LogP contribution in [-0.4, -0.2) is 16.5 Å². The standard InChI is InChI=1S/C12H13F3N4S/c1-2-16-9-5-10(17-6-8-3-4-20-7-8)19-11(18-9)12(13,14)15/h3-5,7H,2,6H2,1H3,(H2,16,17,18,19). The lowest BCUT2D eigenvalue weighted by atomic mass is 10.3. The molecule has 0 amide bonds. The molecule has 0 unspecified atom stereocenters. The van der Waals surface area contributed by atoms with Gasteiger partial charge in [-0.3, -0.25) is 0 Å². The summed E-state index contributed by atoms with van der Waals surface area (Å²) >= 11 is 1.53. The number of nitrogens with zero attached hydrogens (tertiary/aromatic N) is 2. The Morgan fingerprint density at radius 2 is 1.90 bits per heavy atom. The van der Waals surface area contributed by atoms with Gasteiger partial charge < -0.3 is 10.6 Å². The molecule has 2 aromatic rings. The van der Waals surface area contributed by atoms with Crippen LogP contribution in [0.1, 0.15) is 18.3 Å². The molecular formula is C12H13F3N4S. The Labute approximate surface area is 118 Å². The van der Waals surface area contributed by atoms with Crippen LogP contribution in [0.3, 0.4) is 0 Å². The van der Waals surface area contributed by atoms with E-state index in [1.807, 2.05) is 16.8 Å². The van der Waals surface area contributed by atoms with Gasteiger partial charge in [0.15, 0.2) is 0 Å². The molecule has 0 saturated carbocycles. The van der Waals surface area contributed by atoms with E-state index in [1.54, 1.807) is 6.92 Å². The summed E-state index contributed by atoms with van der Waals surface area (Å²) in [5.41, 5.74) is 0.993. The second-order valence-electron chi connectivity index (χ2n) is 3.98. The van der Waals surface area contributed by atoms with Crippen LogP contribution in [-0.2, 0) is 12.7 Å². The van der Waals surface area contributed by atoms with Gasteiger partial charge in [-0.05, 0) is 29.3 Å². The minimum Gasteiger partial charge on any atom is -0.370 e. The summed E-state index contributed by atoms with van der Waals surface area (Å²) in [6, 6.07) is 3.36. The van der Waals surface area contributed by atoms with Crippen molar-refractivity contribution >= 4 is 23.0 Å². The lowest BCUT2D eigenvalue weighted by Gasteiger charge is -2.11. The van der Waals surface area contributed by atoms with Crippen molar-refractivity contribution in [3.8, 4) is 0 Å². The van der Waals surface area contributed by atoms with E-state index in [0.29, 0.717) is 13.1 Å².